The van der Waals surface area contributed by atoms with Crippen LogP contribution in [0.1, 0.15) is 62.1 Å². The fourth-order valence-electron chi connectivity index (χ4n) is 3.41. The molecule has 0 aliphatic rings. The number of halogens is 1. The van der Waals surface area contributed by atoms with E-state index in [1.54, 1.807) is 6.07 Å². The number of fused-ring (bicyclic) bond motifs is 1. The van der Waals surface area contributed by atoms with E-state index in [-0.39, 0.29) is 17.4 Å². The molecule has 0 fully saturated rings. The lowest BCUT2D eigenvalue weighted by Crippen LogP contribution is -2.24. The Morgan fingerprint density at radius 2 is 1.94 bits per heavy atom. The maximum Gasteiger partial charge on any atom is 0.340 e. The molecule has 1 atom stereocenters. The summed E-state index contributed by atoms with van der Waals surface area (Å²) in [5.74, 6) is 0.424. The zero-order valence-electron chi connectivity index (χ0n) is 19.2. The van der Waals surface area contributed by atoms with Crippen LogP contribution in [-0.4, -0.2) is 17.3 Å². The van der Waals surface area contributed by atoms with Crippen LogP contribution in [0.4, 0.5) is 5.69 Å². The first kappa shape index (κ1) is 24.6. The van der Waals surface area contributed by atoms with Gasteiger partial charge in [-0.15, -0.1) is 0 Å². The molecule has 0 aliphatic carbocycles. The van der Waals surface area contributed by atoms with Gasteiger partial charge >= 0.3 is 5.97 Å². The molecule has 0 spiro atoms. The first-order chi connectivity index (χ1) is 15.0. The number of esters is 1. The van der Waals surface area contributed by atoms with Crippen molar-refractivity contribution in [1.29, 1.82) is 0 Å². The van der Waals surface area contributed by atoms with Crippen molar-refractivity contribution in [1.82, 2.24) is 0 Å². The number of benzene rings is 2. The van der Waals surface area contributed by atoms with Gasteiger partial charge in [0.25, 0.3) is 0 Å². The van der Waals surface area contributed by atoms with Gasteiger partial charge in [-0.05, 0) is 86.7 Å². The minimum Gasteiger partial charge on any atom is -0.456 e. The van der Waals surface area contributed by atoms with Gasteiger partial charge in [-0.2, -0.15) is 0 Å². The lowest BCUT2D eigenvalue weighted by Gasteiger charge is -2.23. The molecule has 5 nitrogen and oxygen atoms in total. The van der Waals surface area contributed by atoms with Crippen molar-refractivity contribution in [2.24, 2.45) is 0 Å². The molecule has 1 aromatic heterocycles. The first-order valence-electron chi connectivity index (χ1n) is 10.5. The molecule has 1 heterocycles. The highest BCUT2D eigenvalue weighted by Crippen LogP contribution is 2.33. The minimum atomic E-state index is -0.587. The summed E-state index contributed by atoms with van der Waals surface area (Å²) in [5, 5.41) is 4.63. The van der Waals surface area contributed by atoms with Gasteiger partial charge in [0, 0.05) is 11.3 Å². The molecule has 1 N–H and O–H groups in total. The molecule has 0 saturated carbocycles. The molecule has 0 amide bonds. The van der Waals surface area contributed by atoms with E-state index >= 15 is 0 Å². The van der Waals surface area contributed by atoms with Crippen LogP contribution < -0.4 is 10.7 Å². The van der Waals surface area contributed by atoms with Crippen molar-refractivity contribution >= 4 is 57.0 Å². The first-order valence-corrected chi connectivity index (χ1v) is 12.6. The van der Waals surface area contributed by atoms with Crippen molar-refractivity contribution in [3.63, 3.8) is 0 Å². The van der Waals surface area contributed by atoms with E-state index in [0.717, 1.165) is 16.9 Å². The van der Waals surface area contributed by atoms with Crippen molar-refractivity contribution in [2.75, 3.05) is 11.1 Å². The molecule has 7 heteroatoms. The number of para-hydroxylation sites is 1. The van der Waals surface area contributed by atoms with Crippen LogP contribution in [-0.2, 0) is 4.74 Å². The van der Waals surface area contributed by atoms with Gasteiger partial charge in [-0.1, -0.05) is 36.9 Å². The van der Waals surface area contributed by atoms with Crippen molar-refractivity contribution in [3.05, 3.63) is 66.9 Å². The second kappa shape index (κ2) is 9.87. The summed E-state index contributed by atoms with van der Waals surface area (Å²) in [5.41, 5.74) is 2.94. The molecule has 3 aromatic rings. The number of carbonyl (C=O) groups excluding carboxylic acids is 1. The van der Waals surface area contributed by atoms with Crippen LogP contribution in [0.25, 0.3) is 11.0 Å². The van der Waals surface area contributed by atoms with Crippen LogP contribution in [0, 0.1) is 10.5 Å². The Bertz CT molecular complexity index is 1210. The van der Waals surface area contributed by atoms with E-state index in [0.29, 0.717) is 30.9 Å². The Morgan fingerprint density at radius 1 is 1.25 bits per heavy atom. The molecular formula is C25H28INO4S. The maximum atomic E-state index is 13.0. The summed E-state index contributed by atoms with van der Waals surface area (Å²) >= 11 is 3.58. The van der Waals surface area contributed by atoms with Gasteiger partial charge in [-0.3, -0.25) is 4.79 Å². The number of anilines is 1. The zero-order chi connectivity index (χ0) is 23.6. The molecule has 0 bridgehead atoms. The van der Waals surface area contributed by atoms with E-state index < -0.39 is 5.60 Å². The van der Waals surface area contributed by atoms with Gasteiger partial charge in [0.05, 0.1) is 17.0 Å². The lowest BCUT2D eigenvalue weighted by molar-refractivity contribution is 0.00706. The molecule has 1 unspecified atom stereocenters. The van der Waals surface area contributed by atoms with Crippen LogP contribution >= 0.6 is 34.4 Å². The number of hydrogen-bond donors (Lipinski definition) is 1. The Morgan fingerprint density at radius 3 is 2.59 bits per heavy atom. The number of ether oxygens (including phenoxy) is 1. The monoisotopic (exact) mass is 565 g/mol. The molecule has 2 aromatic carbocycles. The maximum absolute atomic E-state index is 13.0. The lowest BCUT2D eigenvalue weighted by atomic mass is 10.0. The van der Waals surface area contributed by atoms with Crippen molar-refractivity contribution < 1.29 is 13.9 Å². The molecule has 3 rings (SSSR count). The predicted octanol–water partition coefficient (Wildman–Crippen LogP) is 6.95. The highest BCUT2D eigenvalue weighted by molar-refractivity contribution is 14.1. The van der Waals surface area contributed by atoms with E-state index in [9.17, 15) is 9.59 Å². The Hall–Kier alpha value is -2.00. The van der Waals surface area contributed by atoms with Crippen LogP contribution in [0.2, 0.25) is 0 Å². The smallest absolute Gasteiger partial charge is 0.340 e. The van der Waals surface area contributed by atoms with Crippen LogP contribution in [0.5, 0.6) is 0 Å². The largest absolute Gasteiger partial charge is 0.456 e. The molecular weight excluding hydrogens is 537 g/mol. The van der Waals surface area contributed by atoms with Crippen molar-refractivity contribution in [2.45, 2.75) is 58.3 Å². The summed E-state index contributed by atoms with van der Waals surface area (Å²) < 4.78 is 12.4. The second-order valence-electron chi connectivity index (χ2n) is 8.61. The van der Waals surface area contributed by atoms with Gasteiger partial charge in [-0.25, -0.2) is 4.79 Å². The molecule has 170 valence electrons. The quantitative estimate of drug-likeness (QED) is 0.198. The van der Waals surface area contributed by atoms with Gasteiger partial charge in [0.2, 0.25) is 5.43 Å². The average Bonchev–Trinajstić information content (AvgIpc) is 2.71. The molecule has 0 radical (unpaired) electrons. The Labute approximate surface area is 206 Å². The minimum absolute atomic E-state index is 0.0193. The number of thioether (sulfide) groups is 1. The summed E-state index contributed by atoms with van der Waals surface area (Å²) in [6.45, 7) is 11.5. The fraction of sp³-hybridized carbons (Fsp3) is 0.360. The number of aryl methyl sites for hydroxylation is 1. The number of nitrogens with one attached hydrogen (secondary N) is 1. The van der Waals surface area contributed by atoms with Crippen LogP contribution in [0.15, 0.2) is 50.7 Å². The molecule has 0 aliphatic heterocycles. The second-order valence-corrected chi connectivity index (χ2v) is 10.9. The third-order valence-corrected chi connectivity index (χ3v) is 6.92. The summed E-state index contributed by atoms with van der Waals surface area (Å²) in [7, 11) is 0. The van der Waals surface area contributed by atoms with Crippen LogP contribution in [0.3, 0.4) is 0 Å². The highest BCUT2D eigenvalue weighted by atomic mass is 127. The van der Waals surface area contributed by atoms with Crippen molar-refractivity contribution in [3.8, 4) is 0 Å². The summed E-state index contributed by atoms with van der Waals surface area (Å²) in [4.78, 5) is 25.8. The van der Waals surface area contributed by atoms with Gasteiger partial charge < -0.3 is 14.5 Å². The van der Waals surface area contributed by atoms with E-state index in [1.165, 1.54) is 11.8 Å². The average molecular weight is 565 g/mol. The third kappa shape index (κ3) is 5.49. The normalized spacial score (nSPS) is 12.6. The SMILES string of the molecule is CCSc1oc2c(C(C)Nc3ccccc3C(=O)OC(C)(C)C)cc(C)cc2c(=O)c1I. The van der Waals surface area contributed by atoms with Gasteiger partial charge in [0.15, 0.2) is 5.09 Å². The molecule has 32 heavy (non-hydrogen) atoms. The van der Waals surface area contributed by atoms with E-state index in [2.05, 4.69) is 27.9 Å². The zero-order valence-corrected chi connectivity index (χ0v) is 22.1. The standard InChI is InChI=1S/C25H28INO4S/c1-7-32-24-20(26)21(28)18-13-14(2)12-17(22(18)30-24)15(3)27-19-11-9-8-10-16(19)23(29)31-25(4,5)6/h8-13,15,27H,7H2,1-6H3. The van der Waals surface area contributed by atoms with E-state index in [1.807, 2.05) is 71.9 Å². The Balaban J connectivity index is 2.06. The fourth-order valence-corrected chi connectivity index (χ4v) is 4.90. The number of hydrogen-bond acceptors (Lipinski definition) is 6. The predicted molar refractivity (Wildman–Crippen MR) is 140 cm³/mol. The number of rotatable bonds is 6. The van der Waals surface area contributed by atoms with E-state index in [4.69, 9.17) is 9.15 Å². The Kier molecular flexibility index (Phi) is 7.60. The third-order valence-electron chi connectivity index (χ3n) is 4.74. The molecule has 0 saturated heterocycles. The topological polar surface area (TPSA) is 68.5 Å². The summed E-state index contributed by atoms with van der Waals surface area (Å²) in [6, 6.07) is 11.0. The number of carbonyl (C=O) groups is 1. The van der Waals surface area contributed by atoms with Gasteiger partial charge in [0.1, 0.15) is 14.8 Å². The highest BCUT2D eigenvalue weighted by Gasteiger charge is 2.23. The summed E-state index contributed by atoms with van der Waals surface area (Å²) in [6.07, 6.45) is 0.